The highest BCUT2D eigenvalue weighted by Crippen LogP contribution is 2.19. The predicted molar refractivity (Wildman–Crippen MR) is 83.2 cm³/mol. The van der Waals surface area contributed by atoms with Gasteiger partial charge in [-0.25, -0.2) is 4.52 Å². The molecule has 0 aliphatic rings. The molecule has 2 aromatic heterocycles. The maximum Gasteiger partial charge on any atom is 0.0877 e. The van der Waals surface area contributed by atoms with Gasteiger partial charge in [0.05, 0.1) is 16.9 Å². The fourth-order valence-electron chi connectivity index (χ4n) is 2.65. The van der Waals surface area contributed by atoms with Crippen LogP contribution < -0.4 is 0 Å². The maximum atomic E-state index is 9.05. The van der Waals surface area contributed by atoms with Gasteiger partial charge in [0.25, 0.3) is 0 Å². The lowest BCUT2D eigenvalue weighted by Gasteiger charge is -2.04. The zero-order valence-corrected chi connectivity index (χ0v) is 12.1. The number of hydrogen-bond donors (Lipinski definition) is 1. The Bertz CT molecular complexity index is 804. The average molecular weight is 279 g/mol. The lowest BCUT2D eigenvalue weighted by atomic mass is 10.0. The third-order valence-electron chi connectivity index (χ3n) is 3.64. The zero-order chi connectivity index (χ0) is 14.8. The van der Waals surface area contributed by atoms with Crippen molar-refractivity contribution in [2.45, 2.75) is 20.3 Å². The van der Waals surface area contributed by atoms with Crippen molar-refractivity contribution >= 4 is 11.2 Å². The lowest BCUT2D eigenvalue weighted by Crippen LogP contribution is -1.97. The molecule has 4 nitrogen and oxygen atoms in total. The molecular formula is C17H17N3O. The van der Waals surface area contributed by atoms with Crippen molar-refractivity contribution in [3.8, 4) is 0 Å². The first kappa shape index (κ1) is 13.4. The summed E-state index contributed by atoms with van der Waals surface area (Å²) in [5, 5.41) is 16.8. The van der Waals surface area contributed by atoms with Gasteiger partial charge in [-0.2, -0.15) is 5.10 Å². The summed E-state index contributed by atoms with van der Waals surface area (Å²) < 4.78 is 1.83. The van der Waals surface area contributed by atoms with Gasteiger partial charge in [-0.15, -0.1) is 0 Å². The summed E-state index contributed by atoms with van der Waals surface area (Å²) >= 11 is 0. The number of nitrogens with zero attached hydrogens (tertiary/aromatic N) is 3. The Balaban J connectivity index is 2.07. The van der Waals surface area contributed by atoms with Gasteiger partial charge in [-0.3, -0.25) is 0 Å². The Morgan fingerprint density at radius 3 is 2.67 bits per heavy atom. The first-order valence-electron chi connectivity index (χ1n) is 6.90. The summed E-state index contributed by atoms with van der Waals surface area (Å²) in [6, 6.07) is 14.5. The molecule has 0 radical (unpaired) electrons. The van der Waals surface area contributed by atoms with E-state index >= 15 is 0 Å². The molecule has 21 heavy (non-hydrogen) atoms. The molecule has 0 saturated heterocycles. The van der Waals surface area contributed by atoms with Gasteiger partial charge >= 0.3 is 0 Å². The van der Waals surface area contributed by atoms with E-state index < -0.39 is 0 Å². The summed E-state index contributed by atoms with van der Waals surface area (Å²) in [6.07, 6.45) is 2.82. The van der Waals surface area contributed by atoms with Crippen molar-refractivity contribution < 1.29 is 5.21 Å². The van der Waals surface area contributed by atoms with E-state index in [9.17, 15) is 0 Å². The molecule has 0 amide bonds. The molecule has 0 atom stereocenters. The normalized spacial score (nSPS) is 12.0. The van der Waals surface area contributed by atoms with Gasteiger partial charge in [-0.05, 0) is 43.5 Å². The van der Waals surface area contributed by atoms with Crippen LogP contribution in [0.1, 0.15) is 29.3 Å². The quantitative estimate of drug-likeness (QED) is 0.453. The van der Waals surface area contributed by atoms with Gasteiger partial charge < -0.3 is 5.21 Å². The topological polar surface area (TPSA) is 49.9 Å². The van der Waals surface area contributed by atoms with Crippen molar-refractivity contribution in [2.75, 3.05) is 0 Å². The van der Waals surface area contributed by atoms with Crippen LogP contribution in [0.2, 0.25) is 0 Å². The smallest absolute Gasteiger partial charge is 0.0877 e. The minimum Gasteiger partial charge on any atom is -0.411 e. The largest absolute Gasteiger partial charge is 0.411 e. The van der Waals surface area contributed by atoms with E-state index in [2.05, 4.69) is 34.5 Å². The van der Waals surface area contributed by atoms with E-state index in [1.54, 1.807) is 6.92 Å². The van der Waals surface area contributed by atoms with Crippen LogP contribution in [0.3, 0.4) is 0 Å². The van der Waals surface area contributed by atoms with Crippen molar-refractivity contribution in [1.29, 1.82) is 0 Å². The summed E-state index contributed by atoms with van der Waals surface area (Å²) in [5.74, 6) is 0. The van der Waals surface area contributed by atoms with E-state index in [4.69, 9.17) is 5.21 Å². The molecule has 0 fully saturated rings. The third-order valence-corrected chi connectivity index (χ3v) is 3.64. The average Bonchev–Trinajstić information content (AvgIpc) is 2.83. The van der Waals surface area contributed by atoms with E-state index in [-0.39, 0.29) is 0 Å². The van der Waals surface area contributed by atoms with E-state index in [1.807, 2.05) is 35.8 Å². The van der Waals surface area contributed by atoms with Crippen LogP contribution in [0.4, 0.5) is 0 Å². The molecule has 0 aliphatic heterocycles. The maximum absolute atomic E-state index is 9.05. The summed E-state index contributed by atoms with van der Waals surface area (Å²) in [7, 11) is 0. The molecule has 3 rings (SSSR count). The first-order chi connectivity index (χ1) is 10.2. The Hall–Kier alpha value is -2.62. The Kier molecular flexibility index (Phi) is 3.44. The molecule has 0 bridgehead atoms. The number of aryl methyl sites for hydroxylation is 1. The van der Waals surface area contributed by atoms with Gasteiger partial charge in [0.15, 0.2) is 0 Å². The number of hydrogen-bond acceptors (Lipinski definition) is 3. The molecule has 0 saturated carbocycles. The molecule has 4 heteroatoms. The monoisotopic (exact) mass is 279 g/mol. The van der Waals surface area contributed by atoms with Gasteiger partial charge in [0.2, 0.25) is 0 Å². The zero-order valence-electron chi connectivity index (χ0n) is 12.1. The second kappa shape index (κ2) is 5.40. The van der Waals surface area contributed by atoms with E-state index in [1.165, 1.54) is 11.1 Å². The Labute approximate surface area is 123 Å². The minimum absolute atomic E-state index is 0.583. The molecule has 0 spiro atoms. The van der Waals surface area contributed by atoms with Crippen molar-refractivity contribution in [3.05, 3.63) is 71.0 Å². The van der Waals surface area contributed by atoms with Gasteiger partial charge in [0.1, 0.15) is 0 Å². The van der Waals surface area contributed by atoms with Crippen molar-refractivity contribution in [1.82, 2.24) is 9.61 Å². The fourth-order valence-corrected chi connectivity index (χ4v) is 2.65. The molecule has 3 aromatic rings. The van der Waals surface area contributed by atoms with E-state index in [0.717, 1.165) is 23.2 Å². The van der Waals surface area contributed by atoms with Gasteiger partial charge in [-0.1, -0.05) is 35.5 Å². The molecule has 0 aliphatic carbocycles. The molecule has 1 N–H and O–H groups in total. The van der Waals surface area contributed by atoms with Crippen molar-refractivity contribution in [2.24, 2.45) is 5.16 Å². The highest BCUT2D eigenvalue weighted by molar-refractivity contribution is 6.05. The number of rotatable bonds is 3. The van der Waals surface area contributed by atoms with E-state index in [0.29, 0.717) is 5.71 Å². The van der Waals surface area contributed by atoms with Crippen LogP contribution >= 0.6 is 0 Å². The highest BCUT2D eigenvalue weighted by Gasteiger charge is 2.13. The molecular weight excluding hydrogens is 262 g/mol. The van der Waals surface area contributed by atoms with Crippen LogP contribution in [0.15, 0.2) is 53.8 Å². The predicted octanol–water partition coefficient (Wildman–Crippen LogP) is 3.43. The third kappa shape index (κ3) is 2.52. The summed E-state index contributed by atoms with van der Waals surface area (Å²) in [4.78, 5) is 0. The number of pyridine rings is 1. The number of oxime groups is 1. The Morgan fingerprint density at radius 1 is 1.19 bits per heavy atom. The molecule has 0 unspecified atom stereocenters. The molecule has 106 valence electrons. The van der Waals surface area contributed by atoms with Crippen molar-refractivity contribution in [3.63, 3.8) is 0 Å². The fraction of sp³-hybridized carbons (Fsp3) is 0.176. The standard InChI is InChI=1S/C17H17N3O/c1-12-17(13(2)19-21)16-11-15(8-9-20(16)18-12)10-14-6-4-3-5-7-14/h3-9,11,21H,10H2,1-2H3/b19-13-. The number of benzene rings is 1. The second-order valence-electron chi connectivity index (χ2n) is 5.17. The second-order valence-corrected chi connectivity index (χ2v) is 5.17. The number of aromatic nitrogens is 2. The van der Waals surface area contributed by atoms with Crippen LogP contribution in [0.25, 0.3) is 5.52 Å². The Morgan fingerprint density at radius 2 is 1.95 bits per heavy atom. The highest BCUT2D eigenvalue weighted by atomic mass is 16.4. The summed E-state index contributed by atoms with van der Waals surface area (Å²) in [5.41, 5.74) is 5.79. The van der Waals surface area contributed by atoms with Crippen LogP contribution in [-0.4, -0.2) is 20.5 Å². The molecule has 2 heterocycles. The van der Waals surface area contributed by atoms with Gasteiger partial charge in [0, 0.05) is 11.8 Å². The number of fused-ring (bicyclic) bond motifs is 1. The lowest BCUT2D eigenvalue weighted by molar-refractivity contribution is 0.319. The molecule has 1 aromatic carbocycles. The van der Waals surface area contributed by atoms with Crippen LogP contribution in [-0.2, 0) is 6.42 Å². The first-order valence-corrected chi connectivity index (χ1v) is 6.90. The van der Waals surface area contributed by atoms with Crippen LogP contribution in [0, 0.1) is 6.92 Å². The SMILES string of the molecule is C/C(=N/O)c1c(C)nn2ccc(Cc3ccccc3)cc12. The van der Waals surface area contributed by atoms with Crippen LogP contribution in [0.5, 0.6) is 0 Å². The summed E-state index contributed by atoms with van der Waals surface area (Å²) in [6.45, 7) is 3.71. The minimum atomic E-state index is 0.583.